The minimum absolute atomic E-state index is 0.00968. The van der Waals surface area contributed by atoms with E-state index in [9.17, 15) is 9.59 Å². The van der Waals surface area contributed by atoms with E-state index in [-0.39, 0.29) is 12.3 Å². The van der Waals surface area contributed by atoms with Gasteiger partial charge in [-0.25, -0.2) is 0 Å². The van der Waals surface area contributed by atoms with Gasteiger partial charge in [0.2, 0.25) is 0 Å². The molecule has 0 bridgehead atoms. The molecule has 4 nitrogen and oxygen atoms in total. The molecule has 2 aliphatic heterocycles. The lowest BCUT2D eigenvalue weighted by Gasteiger charge is -2.24. The molecule has 0 aromatic heterocycles. The molecule has 0 spiro atoms. The van der Waals surface area contributed by atoms with Gasteiger partial charge in [0.25, 0.3) is 5.91 Å². The van der Waals surface area contributed by atoms with E-state index >= 15 is 0 Å². The van der Waals surface area contributed by atoms with Crippen molar-refractivity contribution in [3.63, 3.8) is 0 Å². The van der Waals surface area contributed by atoms with E-state index in [0.29, 0.717) is 0 Å². The average Bonchev–Trinajstić information content (AvgIpc) is 2.84. The van der Waals surface area contributed by atoms with Gasteiger partial charge in [0.05, 0.1) is 12.1 Å². The van der Waals surface area contributed by atoms with Crippen molar-refractivity contribution < 1.29 is 14.7 Å². The number of hydrogen-bond acceptors (Lipinski definition) is 2. The van der Waals surface area contributed by atoms with E-state index in [1.807, 2.05) is 35.2 Å². The van der Waals surface area contributed by atoms with Gasteiger partial charge in [0, 0.05) is 17.7 Å². The molecule has 2 aliphatic rings. The Labute approximate surface area is 140 Å². The van der Waals surface area contributed by atoms with Crippen LogP contribution in [0.3, 0.4) is 0 Å². The molecule has 0 saturated carbocycles. The number of aliphatic carboxylic acids is 1. The molecule has 0 unspecified atom stereocenters. The van der Waals surface area contributed by atoms with Gasteiger partial charge in [-0.2, -0.15) is 0 Å². The maximum absolute atomic E-state index is 12.8. The van der Waals surface area contributed by atoms with E-state index in [1.54, 1.807) is 12.1 Å². The fraction of sp³-hybridized carbons (Fsp3) is 0.200. The lowest BCUT2D eigenvalue weighted by molar-refractivity contribution is -0.136. The molecule has 0 saturated heterocycles. The summed E-state index contributed by atoms with van der Waals surface area (Å²) in [7, 11) is 0. The summed E-state index contributed by atoms with van der Waals surface area (Å²) in [6, 6.07) is 13.4. The lowest BCUT2D eigenvalue weighted by Crippen LogP contribution is -2.31. The zero-order valence-electron chi connectivity index (χ0n) is 13.2. The Morgan fingerprint density at radius 3 is 2.71 bits per heavy atom. The molecule has 24 heavy (non-hydrogen) atoms. The topological polar surface area (TPSA) is 57.6 Å². The number of rotatable bonds is 3. The predicted octanol–water partition coefficient (Wildman–Crippen LogP) is 3.15. The van der Waals surface area contributed by atoms with Gasteiger partial charge in [-0.05, 0) is 35.6 Å². The summed E-state index contributed by atoms with van der Waals surface area (Å²) in [6.07, 6.45) is 3.93. The summed E-state index contributed by atoms with van der Waals surface area (Å²) in [4.78, 5) is 25.4. The highest BCUT2D eigenvalue weighted by molar-refractivity contribution is 6.36. The SMILES string of the molecule is O=C(O)Cc1ccc(/C=C2/C(=O)N3CCCc4cccc2c43)cc1. The molecule has 120 valence electrons. The van der Waals surface area contributed by atoms with Crippen molar-refractivity contribution in [1.82, 2.24) is 0 Å². The Morgan fingerprint density at radius 2 is 1.96 bits per heavy atom. The second-order valence-electron chi connectivity index (χ2n) is 6.24. The Hall–Kier alpha value is -2.88. The van der Waals surface area contributed by atoms with Crippen LogP contribution in [-0.4, -0.2) is 23.5 Å². The molecular formula is C20H17NO3. The molecule has 0 atom stereocenters. The number of carboxylic acids is 1. The molecule has 0 fully saturated rings. The molecule has 2 aromatic rings. The van der Waals surface area contributed by atoms with Gasteiger partial charge < -0.3 is 10.0 Å². The summed E-state index contributed by atoms with van der Waals surface area (Å²) >= 11 is 0. The van der Waals surface area contributed by atoms with Gasteiger partial charge in [0.1, 0.15) is 0 Å². The summed E-state index contributed by atoms with van der Waals surface area (Å²) in [5, 5.41) is 8.84. The normalized spacial score (nSPS) is 17.2. The van der Waals surface area contributed by atoms with Crippen LogP contribution >= 0.6 is 0 Å². The van der Waals surface area contributed by atoms with E-state index in [4.69, 9.17) is 5.11 Å². The maximum atomic E-state index is 12.8. The third-order valence-electron chi connectivity index (χ3n) is 4.63. The van der Waals surface area contributed by atoms with Crippen molar-refractivity contribution in [1.29, 1.82) is 0 Å². The number of carbonyl (C=O) groups is 2. The summed E-state index contributed by atoms with van der Waals surface area (Å²) in [5.41, 5.74) is 5.70. The first-order valence-corrected chi connectivity index (χ1v) is 8.10. The van der Waals surface area contributed by atoms with Gasteiger partial charge in [0.15, 0.2) is 0 Å². The van der Waals surface area contributed by atoms with Crippen molar-refractivity contribution in [3.05, 3.63) is 64.7 Å². The summed E-state index contributed by atoms with van der Waals surface area (Å²) in [5.74, 6) is -0.783. The monoisotopic (exact) mass is 319 g/mol. The molecular weight excluding hydrogens is 302 g/mol. The van der Waals surface area contributed by atoms with Crippen molar-refractivity contribution in [3.8, 4) is 0 Å². The predicted molar refractivity (Wildman–Crippen MR) is 92.8 cm³/mol. The van der Waals surface area contributed by atoms with Crippen molar-refractivity contribution >= 4 is 29.2 Å². The van der Waals surface area contributed by atoms with Crippen molar-refractivity contribution in [2.45, 2.75) is 19.3 Å². The largest absolute Gasteiger partial charge is 0.481 e. The van der Waals surface area contributed by atoms with Crippen LogP contribution in [-0.2, 0) is 22.4 Å². The van der Waals surface area contributed by atoms with Gasteiger partial charge in [-0.3, -0.25) is 9.59 Å². The first kappa shape index (κ1) is 14.7. The molecule has 0 radical (unpaired) electrons. The molecule has 4 rings (SSSR count). The van der Waals surface area contributed by atoms with Crippen LogP contribution in [0, 0.1) is 0 Å². The van der Waals surface area contributed by atoms with Crippen LogP contribution in [0.5, 0.6) is 0 Å². The van der Waals surface area contributed by atoms with Gasteiger partial charge >= 0.3 is 5.97 Å². The Kier molecular flexibility index (Phi) is 3.45. The Morgan fingerprint density at radius 1 is 1.17 bits per heavy atom. The number of benzene rings is 2. The lowest BCUT2D eigenvalue weighted by atomic mass is 9.98. The quantitative estimate of drug-likeness (QED) is 0.884. The third kappa shape index (κ3) is 2.40. The van der Waals surface area contributed by atoms with E-state index in [2.05, 4.69) is 6.07 Å². The van der Waals surface area contributed by atoms with Crippen LogP contribution < -0.4 is 4.90 Å². The van der Waals surface area contributed by atoms with Gasteiger partial charge in [-0.15, -0.1) is 0 Å². The highest BCUT2D eigenvalue weighted by Gasteiger charge is 2.35. The van der Waals surface area contributed by atoms with Crippen LogP contribution in [0.1, 0.15) is 28.7 Å². The number of carbonyl (C=O) groups excluding carboxylic acids is 1. The number of amides is 1. The van der Waals surface area contributed by atoms with Crippen molar-refractivity contribution in [2.75, 3.05) is 11.4 Å². The Balaban J connectivity index is 1.72. The molecule has 1 amide bonds. The minimum Gasteiger partial charge on any atom is -0.481 e. The molecule has 1 N–H and O–H groups in total. The van der Waals surface area contributed by atoms with Crippen molar-refractivity contribution in [2.24, 2.45) is 0 Å². The third-order valence-corrected chi connectivity index (χ3v) is 4.63. The summed E-state index contributed by atoms with van der Waals surface area (Å²) in [6.45, 7) is 0.776. The van der Waals surface area contributed by atoms with Crippen LogP contribution in [0.2, 0.25) is 0 Å². The standard InChI is InChI=1S/C20H17NO3/c22-18(23)12-14-8-6-13(7-9-14)11-17-16-5-1-3-15-4-2-10-21(19(15)16)20(17)24/h1,3,5-9,11H,2,4,10,12H2,(H,22,23)/b17-11+. The van der Waals surface area contributed by atoms with E-state index < -0.39 is 5.97 Å². The Bertz CT molecular complexity index is 865. The number of anilines is 1. The molecule has 4 heteroatoms. The van der Waals surface area contributed by atoms with Crippen LogP contribution in [0.15, 0.2) is 42.5 Å². The van der Waals surface area contributed by atoms with E-state index in [0.717, 1.165) is 47.3 Å². The maximum Gasteiger partial charge on any atom is 0.307 e. The number of hydrogen-bond donors (Lipinski definition) is 1. The minimum atomic E-state index is -0.845. The molecule has 0 aliphatic carbocycles. The zero-order valence-corrected chi connectivity index (χ0v) is 13.2. The average molecular weight is 319 g/mol. The number of carboxylic acid groups (broad SMARTS) is 1. The number of para-hydroxylation sites is 1. The second-order valence-corrected chi connectivity index (χ2v) is 6.24. The first-order chi connectivity index (χ1) is 11.6. The van der Waals surface area contributed by atoms with Crippen LogP contribution in [0.4, 0.5) is 5.69 Å². The van der Waals surface area contributed by atoms with Crippen LogP contribution in [0.25, 0.3) is 11.6 Å². The second kappa shape index (κ2) is 5.64. The molecule has 2 aromatic carbocycles. The smallest absolute Gasteiger partial charge is 0.307 e. The number of aryl methyl sites for hydroxylation is 1. The highest BCUT2D eigenvalue weighted by atomic mass is 16.4. The van der Waals surface area contributed by atoms with Gasteiger partial charge in [-0.1, -0.05) is 42.5 Å². The molecule has 2 heterocycles. The van der Waals surface area contributed by atoms with E-state index in [1.165, 1.54) is 5.56 Å². The fourth-order valence-corrected chi connectivity index (χ4v) is 3.54. The fourth-order valence-electron chi connectivity index (χ4n) is 3.54. The summed E-state index contributed by atoms with van der Waals surface area (Å²) < 4.78 is 0. The number of nitrogens with zero attached hydrogens (tertiary/aromatic N) is 1. The highest BCUT2D eigenvalue weighted by Crippen LogP contribution is 2.42. The zero-order chi connectivity index (χ0) is 16.7. The first-order valence-electron chi connectivity index (χ1n) is 8.10.